The van der Waals surface area contributed by atoms with Gasteiger partial charge in [0.2, 0.25) is 5.91 Å². The molecule has 0 aliphatic carbocycles. The van der Waals surface area contributed by atoms with Crippen molar-refractivity contribution < 1.29 is 4.79 Å². The molecular formula is C11H23N3O. The van der Waals surface area contributed by atoms with Crippen molar-refractivity contribution >= 4 is 5.91 Å². The Morgan fingerprint density at radius 3 is 2.33 bits per heavy atom. The minimum Gasteiger partial charge on any atom is -0.370 e. The Labute approximate surface area is 92.4 Å². The largest absolute Gasteiger partial charge is 0.370 e. The van der Waals surface area contributed by atoms with Crippen LogP contribution in [0.2, 0.25) is 0 Å². The summed E-state index contributed by atoms with van der Waals surface area (Å²) in [5.74, 6) is -0.184. The molecule has 0 spiro atoms. The number of carbonyl (C=O) groups excluding carboxylic acids is 1. The van der Waals surface area contributed by atoms with Crippen LogP contribution in [0.5, 0.6) is 0 Å². The molecule has 15 heavy (non-hydrogen) atoms. The van der Waals surface area contributed by atoms with Gasteiger partial charge in [-0.1, -0.05) is 0 Å². The average molecular weight is 213 g/mol. The molecule has 1 saturated heterocycles. The number of rotatable bonds is 5. The summed E-state index contributed by atoms with van der Waals surface area (Å²) in [6, 6.07) is 0.651. The maximum atomic E-state index is 10.6. The molecule has 1 heterocycles. The predicted octanol–water partition coefficient (Wildman–Crippen LogP) is 0.278. The summed E-state index contributed by atoms with van der Waals surface area (Å²) >= 11 is 0. The first kappa shape index (κ1) is 12.5. The zero-order valence-corrected chi connectivity index (χ0v) is 9.91. The lowest BCUT2D eigenvalue weighted by atomic mass is 10.2. The SMILES string of the molecule is CC(C)N1CCN(CCCC(N)=O)CC1. The number of hydrogen-bond acceptors (Lipinski definition) is 3. The first-order valence-electron chi connectivity index (χ1n) is 5.84. The van der Waals surface area contributed by atoms with E-state index in [2.05, 4.69) is 23.6 Å². The second-order valence-electron chi connectivity index (χ2n) is 4.54. The van der Waals surface area contributed by atoms with Crippen molar-refractivity contribution in [1.82, 2.24) is 9.80 Å². The molecule has 0 aromatic carbocycles. The van der Waals surface area contributed by atoms with Crippen LogP contribution in [-0.2, 0) is 4.79 Å². The van der Waals surface area contributed by atoms with Gasteiger partial charge in [-0.3, -0.25) is 9.69 Å². The number of hydrogen-bond donors (Lipinski definition) is 1. The lowest BCUT2D eigenvalue weighted by Gasteiger charge is -2.36. The van der Waals surface area contributed by atoms with E-state index in [0.717, 1.165) is 39.1 Å². The molecule has 2 N–H and O–H groups in total. The number of primary amides is 1. The van der Waals surface area contributed by atoms with Gasteiger partial charge in [0.05, 0.1) is 0 Å². The third-order valence-corrected chi connectivity index (χ3v) is 3.03. The molecule has 0 aromatic heterocycles. The summed E-state index contributed by atoms with van der Waals surface area (Å²) in [6.45, 7) is 10.0. The summed E-state index contributed by atoms with van der Waals surface area (Å²) in [5.41, 5.74) is 5.10. The highest BCUT2D eigenvalue weighted by Gasteiger charge is 2.17. The molecule has 0 radical (unpaired) electrons. The molecule has 1 aliphatic heterocycles. The number of piperazine rings is 1. The molecule has 1 rings (SSSR count). The highest BCUT2D eigenvalue weighted by molar-refractivity contribution is 5.73. The van der Waals surface area contributed by atoms with Crippen LogP contribution in [0.3, 0.4) is 0 Å². The van der Waals surface area contributed by atoms with Gasteiger partial charge >= 0.3 is 0 Å². The molecule has 0 atom stereocenters. The number of amides is 1. The fourth-order valence-corrected chi connectivity index (χ4v) is 1.98. The first-order valence-corrected chi connectivity index (χ1v) is 5.84. The van der Waals surface area contributed by atoms with Gasteiger partial charge in [0.1, 0.15) is 0 Å². The molecule has 4 nitrogen and oxygen atoms in total. The third kappa shape index (κ3) is 4.62. The van der Waals surface area contributed by atoms with E-state index in [1.54, 1.807) is 0 Å². The minimum absolute atomic E-state index is 0.184. The topological polar surface area (TPSA) is 49.6 Å². The van der Waals surface area contributed by atoms with Gasteiger partial charge in [0.15, 0.2) is 0 Å². The van der Waals surface area contributed by atoms with Crippen LogP contribution >= 0.6 is 0 Å². The summed E-state index contributed by atoms with van der Waals surface area (Å²) in [4.78, 5) is 15.5. The number of nitrogens with zero attached hydrogens (tertiary/aromatic N) is 2. The minimum atomic E-state index is -0.184. The third-order valence-electron chi connectivity index (χ3n) is 3.03. The van der Waals surface area contributed by atoms with Crippen molar-refractivity contribution in [2.24, 2.45) is 5.73 Å². The molecule has 88 valence electrons. The van der Waals surface area contributed by atoms with Crippen LogP contribution in [0.1, 0.15) is 26.7 Å². The Balaban J connectivity index is 2.12. The molecule has 0 saturated carbocycles. The lowest BCUT2D eigenvalue weighted by molar-refractivity contribution is -0.118. The zero-order chi connectivity index (χ0) is 11.3. The van der Waals surface area contributed by atoms with Crippen LogP contribution in [0, 0.1) is 0 Å². The smallest absolute Gasteiger partial charge is 0.217 e. The molecule has 0 unspecified atom stereocenters. The van der Waals surface area contributed by atoms with Gasteiger partial charge < -0.3 is 10.6 Å². The van der Waals surface area contributed by atoms with Crippen molar-refractivity contribution in [2.45, 2.75) is 32.7 Å². The van der Waals surface area contributed by atoms with E-state index in [9.17, 15) is 4.79 Å². The van der Waals surface area contributed by atoms with E-state index < -0.39 is 0 Å². The highest BCUT2D eigenvalue weighted by Crippen LogP contribution is 2.06. The Morgan fingerprint density at radius 2 is 1.87 bits per heavy atom. The monoisotopic (exact) mass is 213 g/mol. The maximum Gasteiger partial charge on any atom is 0.217 e. The second kappa shape index (κ2) is 6.08. The number of nitrogens with two attached hydrogens (primary N) is 1. The quantitative estimate of drug-likeness (QED) is 0.713. The number of carbonyl (C=O) groups is 1. The van der Waals surface area contributed by atoms with Gasteiger partial charge in [0, 0.05) is 38.6 Å². The van der Waals surface area contributed by atoms with Gasteiger partial charge in [0.25, 0.3) is 0 Å². The van der Waals surface area contributed by atoms with Crippen molar-refractivity contribution in [1.29, 1.82) is 0 Å². The maximum absolute atomic E-state index is 10.6. The van der Waals surface area contributed by atoms with Crippen molar-refractivity contribution in [3.63, 3.8) is 0 Å². The summed E-state index contributed by atoms with van der Waals surface area (Å²) in [6.07, 6.45) is 1.42. The summed E-state index contributed by atoms with van der Waals surface area (Å²) in [5, 5.41) is 0. The Hall–Kier alpha value is -0.610. The Kier molecular flexibility index (Phi) is 5.05. The predicted molar refractivity (Wildman–Crippen MR) is 61.6 cm³/mol. The van der Waals surface area contributed by atoms with Crippen LogP contribution in [-0.4, -0.2) is 54.5 Å². The van der Waals surface area contributed by atoms with Crippen LogP contribution in [0.15, 0.2) is 0 Å². The van der Waals surface area contributed by atoms with Gasteiger partial charge in [-0.05, 0) is 26.8 Å². The molecule has 1 aliphatic rings. The van der Waals surface area contributed by atoms with E-state index in [1.165, 1.54) is 0 Å². The normalized spacial score (nSPS) is 19.7. The molecular weight excluding hydrogens is 190 g/mol. The van der Waals surface area contributed by atoms with E-state index in [-0.39, 0.29) is 5.91 Å². The fraction of sp³-hybridized carbons (Fsp3) is 0.909. The van der Waals surface area contributed by atoms with Crippen LogP contribution in [0.25, 0.3) is 0 Å². The molecule has 1 amide bonds. The molecule has 0 aromatic rings. The first-order chi connectivity index (χ1) is 7.09. The molecule has 0 bridgehead atoms. The van der Waals surface area contributed by atoms with E-state index in [4.69, 9.17) is 5.73 Å². The Bertz CT molecular complexity index is 198. The van der Waals surface area contributed by atoms with Crippen molar-refractivity contribution in [3.05, 3.63) is 0 Å². The lowest BCUT2D eigenvalue weighted by Crippen LogP contribution is -2.49. The van der Waals surface area contributed by atoms with Crippen molar-refractivity contribution in [3.8, 4) is 0 Å². The summed E-state index contributed by atoms with van der Waals surface area (Å²) < 4.78 is 0. The standard InChI is InChI=1S/C11H23N3O/c1-10(2)14-8-6-13(7-9-14)5-3-4-11(12)15/h10H,3-9H2,1-2H3,(H2,12,15). The van der Waals surface area contributed by atoms with Crippen molar-refractivity contribution in [2.75, 3.05) is 32.7 Å². The average Bonchev–Trinajstić information content (AvgIpc) is 2.18. The van der Waals surface area contributed by atoms with E-state index >= 15 is 0 Å². The van der Waals surface area contributed by atoms with Gasteiger partial charge in [-0.2, -0.15) is 0 Å². The fourth-order valence-electron chi connectivity index (χ4n) is 1.98. The van der Waals surface area contributed by atoms with E-state index in [0.29, 0.717) is 12.5 Å². The van der Waals surface area contributed by atoms with Gasteiger partial charge in [-0.25, -0.2) is 0 Å². The molecule has 1 fully saturated rings. The second-order valence-corrected chi connectivity index (χ2v) is 4.54. The molecule has 4 heteroatoms. The van der Waals surface area contributed by atoms with Crippen LogP contribution < -0.4 is 5.73 Å². The summed E-state index contributed by atoms with van der Waals surface area (Å²) in [7, 11) is 0. The van der Waals surface area contributed by atoms with Gasteiger partial charge in [-0.15, -0.1) is 0 Å². The van der Waals surface area contributed by atoms with E-state index in [1.807, 2.05) is 0 Å². The zero-order valence-electron chi connectivity index (χ0n) is 9.91. The van der Waals surface area contributed by atoms with Crippen LogP contribution in [0.4, 0.5) is 0 Å². The highest BCUT2D eigenvalue weighted by atomic mass is 16.1. The Morgan fingerprint density at radius 1 is 1.27 bits per heavy atom.